The fourth-order valence-electron chi connectivity index (χ4n) is 7.78. The molecule has 0 aliphatic heterocycles. The van der Waals surface area contributed by atoms with Crippen molar-refractivity contribution in [2.24, 2.45) is 29.1 Å². The van der Waals surface area contributed by atoms with E-state index in [-0.39, 0.29) is 29.5 Å². The molecule has 5 nitrogen and oxygen atoms in total. The van der Waals surface area contributed by atoms with Gasteiger partial charge in [-0.3, -0.25) is 14.2 Å². The second kappa shape index (κ2) is 7.16. The number of rotatable bonds is 4. The summed E-state index contributed by atoms with van der Waals surface area (Å²) in [7, 11) is 0. The number of nitrogens with zero attached hydrogens (tertiary/aromatic N) is 2. The van der Waals surface area contributed by atoms with Crippen LogP contribution >= 0.6 is 11.3 Å². The Morgan fingerprint density at radius 2 is 1.94 bits per heavy atom. The molecule has 1 N–H and O–H groups in total. The number of amides is 1. The molecule has 6 heteroatoms. The normalized spacial score (nSPS) is 34.6. The minimum atomic E-state index is -0.0517. The maximum absolute atomic E-state index is 13.2. The average Bonchev–Trinajstić information content (AvgIpc) is 3.07. The van der Waals surface area contributed by atoms with Gasteiger partial charge in [0.05, 0.1) is 11.7 Å². The lowest BCUT2D eigenvalue weighted by Gasteiger charge is -2.59. The Balaban J connectivity index is 1.21. The number of aromatic nitrogens is 2. The largest absolute Gasteiger partial charge is 0.352 e. The van der Waals surface area contributed by atoms with Crippen molar-refractivity contribution in [1.29, 1.82) is 0 Å². The Labute approximate surface area is 187 Å². The molecule has 4 saturated carbocycles. The lowest BCUT2D eigenvalue weighted by molar-refractivity contribution is -0.126. The van der Waals surface area contributed by atoms with Crippen molar-refractivity contribution >= 4 is 27.5 Å². The van der Waals surface area contributed by atoms with Gasteiger partial charge in [0.15, 0.2) is 0 Å². The molecule has 7 rings (SSSR count). The van der Waals surface area contributed by atoms with Crippen molar-refractivity contribution in [3.8, 4) is 0 Å². The van der Waals surface area contributed by atoms with Gasteiger partial charge >= 0.3 is 0 Å². The minimum Gasteiger partial charge on any atom is -0.352 e. The molecule has 0 spiro atoms. The van der Waals surface area contributed by atoms with Crippen molar-refractivity contribution in [3.05, 3.63) is 27.1 Å². The standard InChI is InChI=1S/C25H33N3O2S/c1-14-3-4-19-20(5-14)31-23-22(19)24(30)28(13-26-23)12-21(29)27-15(2)25-9-16-6-17(10-25)8-18(7-16)11-25/h13-18H,3-12H2,1-2H3,(H,27,29). The number of carbonyl (C=O) groups is 1. The quantitative estimate of drug-likeness (QED) is 0.772. The molecule has 1 amide bonds. The first-order valence-corrected chi connectivity index (χ1v) is 13.0. The van der Waals surface area contributed by atoms with E-state index >= 15 is 0 Å². The molecule has 2 aromatic heterocycles. The maximum atomic E-state index is 13.2. The van der Waals surface area contributed by atoms with E-state index in [0.717, 1.165) is 47.2 Å². The maximum Gasteiger partial charge on any atom is 0.262 e. The fourth-order valence-corrected chi connectivity index (χ4v) is 9.12. The smallest absolute Gasteiger partial charge is 0.262 e. The van der Waals surface area contributed by atoms with E-state index in [1.54, 1.807) is 17.7 Å². The third-order valence-corrected chi connectivity index (χ3v) is 10.1. The van der Waals surface area contributed by atoms with Crippen LogP contribution in [-0.2, 0) is 24.2 Å². The summed E-state index contributed by atoms with van der Waals surface area (Å²) in [6, 6.07) is 0.177. The number of hydrogen-bond acceptors (Lipinski definition) is 4. The van der Waals surface area contributed by atoms with Crippen molar-refractivity contribution < 1.29 is 4.79 Å². The van der Waals surface area contributed by atoms with Gasteiger partial charge in [-0.15, -0.1) is 11.3 Å². The molecular formula is C25H33N3O2S. The van der Waals surface area contributed by atoms with E-state index in [4.69, 9.17) is 0 Å². The summed E-state index contributed by atoms with van der Waals surface area (Å²) in [6.07, 6.45) is 12.7. The highest BCUT2D eigenvalue weighted by atomic mass is 32.1. The van der Waals surface area contributed by atoms with Crippen LogP contribution in [0.5, 0.6) is 0 Å². The predicted octanol–water partition coefficient (Wildman–Crippen LogP) is 4.30. The Hall–Kier alpha value is -1.69. The van der Waals surface area contributed by atoms with Gasteiger partial charge < -0.3 is 5.32 Å². The molecule has 5 aliphatic carbocycles. The van der Waals surface area contributed by atoms with Gasteiger partial charge in [0.1, 0.15) is 11.4 Å². The summed E-state index contributed by atoms with van der Waals surface area (Å²) in [6.45, 7) is 4.54. The molecule has 31 heavy (non-hydrogen) atoms. The molecule has 4 fully saturated rings. The van der Waals surface area contributed by atoms with Crippen LogP contribution in [-0.4, -0.2) is 21.5 Å². The lowest BCUT2D eigenvalue weighted by atomic mass is 9.48. The highest BCUT2D eigenvalue weighted by molar-refractivity contribution is 7.18. The zero-order valence-electron chi connectivity index (χ0n) is 18.7. The van der Waals surface area contributed by atoms with Gasteiger partial charge in [-0.1, -0.05) is 6.92 Å². The van der Waals surface area contributed by atoms with Gasteiger partial charge in [-0.25, -0.2) is 4.98 Å². The second-order valence-corrected chi connectivity index (χ2v) is 12.4. The number of thiophene rings is 1. The minimum absolute atomic E-state index is 0.0466. The Morgan fingerprint density at radius 1 is 1.26 bits per heavy atom. The van der Waals surface area contributed by atoms with Crippen molar-refractivity contribution in [1.82, 2.24) is 14.9 Å². The first-order valence-electron chi connectivity index (χ1n) is 12.2. The van der Waals surface area contributed by atoms with Crippen LogP contribution in [0.1, 0.15) is 69.2 Å². The molecule has 2 heterocycles. The molecule has 0 radical (unpaired) electrons. The topological polar surface area (TPSA) is 64.0 Å². The van der Waals surface area contributed by atoms with Gasteiger partial charge in [0, 0.05) is 10.9 Å². The van der Waals surface area contributed by atoms with Gasteiger partial charge in [0.2, 0.25) is 5.91 Å². The molecule has 2 aromatic rings. The Kier molecular flexibility index (Phi) is 4.61. The number of carbonyl (C=O) groups excluding carboxylic acids is 1. The molecule has 4 bridgehead atoms. The Morgan fingerprint density at radius 3 is 2.61 bits per heavy atom. The highest BCUT2D eigenvalue weighted by Gasteiger charge is 2.53. The number of hydrogen-bond donors (Lipinski definition) is 1. The van der Waals surface area contributed by atoms with Crippen LogP contribution in [0, 0.1) is 29.1 Å². The monoisotopic (exact) mass is 439 g/mol. The van der Waals surface area contributed by atoms with Crippen LogP contribution < -0.4 is 10.9 Å². The van der Waals surface area contributed by atoms with Crippen LogP contribution in [0.2, 0.25) is 0 Å². The van der Waals surface area contributed by atoms with E-state index in [1.807, 2.05) is 0 Å². The summed E-state index contributed by atoms with van der Waals surface area (Å²) in [5.41, 5.74) is 1.42. The summed E-state index contributed by atoms with van der Waals surface area (Å²) >= 11 is 1.66. The predicted molar refractivity (Wildman–Crippen MR) is 123 cm³/mol. The van der Waals surface area contributed by atoms with E-state index in [9.17, 15) is 9.59 Å². The SMILES string of the molecule is CC1CCc2c(sc3ncn(CC(=O)NC(C)C45CC6CC(CC(C6)C4)C5)c(=O)c23)C1. The van der Waals surface area contributed by atoms with E-state index in [1.165, 1.54) is 53.5 Å². The van der Waals surface area contributed by atoms with Crippen molar-refractivity contribution in [3.63, 3.8) is 0 Å². The highest BCUT2D eigenvalue weighted by Crippen LogP contribution is 2.61. The molecule has 5 aliphatic rings. The summed E-state index contributed by atoms with van der Waals surface area (Å²) < 4.78 is 1.52. The summed E-state index contributed by atoms with van der Waals surface area (Å²) in [4.78, 5) is 32.9. The number of fused-ring (bicyclic) bond motifs is 3. The average molecular weight is 440 g/mol. The van der Waals surface area contributed by atoms with Gasteiger partial charge in [-0.2, -0.15) is 0 Å². The molecule has 166 valence electrons. The molecule has 0 aromatic carbocycles. The van der Waals surface area contributed by atoms with E-state index in [0.29, 0.717) is 5.92 Å². The Bertz CT molecular complexity index is 1060. The van der Waals surface area contributed by atoms with Crippen LogP contribution in [0.4, 0.5) is 0 Å². The molecule has 0 saturated heterocycles. The fraction of sp³-hybridized carbons (Fsp3) is 0.720. The first kappa shape index (κ1) is 20.0. The van der Waals surface area contributed by atoms with E-state index < -0.39 is 0 Å². The third-order valence-electron chi connectivity index (χ3n) is 8.98. The van der Waals surface area contributed by atoms with E-state index in [2.05, 4.69) is 24.1 Å². The summed E-state index contributed by atoms with van der Waals surface area (Å²) in [5, 5.41) is 4.06. The number of aryl methyl sites for hydroxylation is 1. The van der Waals surface area contributed by atoms with Crippen LogP contribution in [0.15, 0.2) is 11.1 Å². The third kappa shape index (κ3) is 3.28. The van der Waals surface area contributed by atoms with Crippen molar-refractivity contribution in [2.45, 2.75) is 84.2 Å². The first-order chi connectivity index (χ1) is 14.9. The zero-order valence-corrected chi connectivity index (χ0v) is 19.5. The molecule has 2 atom stereocenters. The van der Waals surface area contributed by atoms with Crippen molar-refractivity contribution in [2.75, 3.05) is 0 Å². The van der Waals surface area contributed by atoms with Gasteiger partial charge in [0.25, 0.3) is 5.56 Å². The van der Waals surface area contributed by atoms with Gasteiger partial charge in [-0.05, 0) is 99.4 Å². The number of nitrogens with one attached hydrogen (secondary N) is 1. The lowest BCUT2D eigenvalue weighted by Crippen LogP contribution is -2.56. The zero-order chi connectivity index (χ0) is 21.3. The molecular weight excluding hydrogens is 406 g/mol. The van der Waals surface area contributed by atoms with Crippen LogP contribution in [0.25, 0.3) is 10.2 Å². The second-order valence-electron chi connectivity index (χ2n) is 11.3. The molecule has 2 unspecified atom stereocenters. The van der Waals surface area contributed by atoms with Crippen LogP contribution in [0.3, 0.4) is 0 Å². The summed E-state index contributed by atoms with van der Waals surface area (Å²) in [5.74, 6) is 3.22.